The number of carbonyl (C=O) groups excluding carboxylic acids is 2. The summed E-state index contributed by atoms with van der Waals surface area (Å²) in [6, 6.07) is 13.7. The summed E-state index contributed by atoms with van der Waals surface area (Å²) in [6.07, 6.45) is 2.86. The molecule has 1 aromatic heterocycles. The second kappa shape index (κ2) is 8.97. The Balaban J connectivity index is 1.32. The molecular formula is C27H30N4O3. The molecule has 2 heterocycles. The van der Waals surface area contributed by atoms with Gasteiger partial charge in [-0.05, 0) is 62.4 Å². The van der Waals surface area contributed by atoms with Crippen LogP contribution in [0.25, 0.3) is 5.69 Å². The van der Waals surface area contributed by atoms with Gasteiger partial charge in [-0.25, -0.2) is 4.68 Å². The Morgan fingerprint density at radius 3 is 2.29 bits per heavy atom. The highest BCUT2D eigenvalue weighted by molar-refractivity contribution is 5.96. The summed E-state index contributed by atoms with van der Waals surface area (Å²) in [7, 11) is 1.61. The first-order valence-corrected chi connectivity index (χ1v) is 11.9. The predicted octanol–water partition coefficient (Wildman–Crippen LogP) is 3.58. The molecular weight excluding hydrogens is 428 g/mol. The van der Waals surface area contributed by atoms with Crippen LogP contribution >= 0.6 is 0 Å². The fourth-order valence-electron chi connectivity index (χ4n) is 5.01. The minimum atomic E-state index is -0.0328. The zero-order chi connectivity index (χ0) is 23.8. The molecule has 2 aromatic carbocycles. The van der Waals surface area contributed by atoms with Gasteiger partial charge in [0.2, 0.25) is 0 Å². The van der Waals surface area contributed by atoms with Crippen molar-refractivity contribution >= 4 is 11.8 Å². The monoisotopic (exact) mass is 458 g/mol. The minimum Gasteiger partial charge on any atom is -0.496 e. The summed E-state index contributed by atoms with van der Waals surface area (Å²) in [6.45, 7) is 6.02. The largest absolute Gasteiger partial charge is 0.496 e. The molecule has 0 saturated carbocycles. The summed E-state index contributed by atoms with van der Waals surface area (Å²) in [5.74, 6) is 0.641. The van der Waals surface area contributed by atoms with E-state index in [2.05, 4.69) is 19.1 Å². The summed E-state index contributed by atoms with van der Waals surface area (Å²) < 4.78 is 7.33. The highest BCUT2D eigenvalue weighted by Gasteiger charge is 2.32. The van der Waals surface area contributed by atoms with E-state index in [1.54, 1.807) is 13.2 Å². The first kappa shape index (κ1) is 22.2. The second-order valence-corrected chi connectivity index (χ2v) is 9.09. The smallest absolute Gasteiger partial charge is 0.274 e. The van der Waals surface area contributed by atoms with E-state index >= 15 is 0 Å². The van der Waals surface area contributed by atoms with Crippen molar-refractivity contribution in [1.29, 1.82) is 0 Å². The Morgan fingerprint density at radius 1 is 0.882 bits per heavy atom. The maximum absolute atomic E-state index is 13.5. The molecule has 0 N–H and O–H groups in total. The maximum Gasteiger partial charge on any atom is 0.274 e. The highest BCUT2D eigenvalue weighted by atomic mass is 16.5. The summed E-state index contributed by atoms with van der Waals surface area (Å²) in [4.78, 5) is 30.2. The van der Waals surface area contributed by atoms with Crippen LogP contribution in [0.5, 0.6) is 5.75 Å². The topological polar surface area (TPSA) is 67.7 Å². The van der Waals surface area contributed by atoms with Gasteiger partial charge in [-0.1, -0.05) is 24.3 Å². The van der Waals surface area contributed by atoms with E-state index in [9.17, 15) is 9.59 Å². The van der Waals surface area contributed by atoms with Gasteiger partial charge in [0.1, 0.15) is 5.75 Å². The Hall–Kier alpha value is -3.61. The fourth-order valence-corrected chi connectivity index (χ4v) is 5.01. The van der Waals surface area contributed by atoms with Gasteiger partial charge in [0.25, 0.3) is 11.8 Å². The van der Waals surface area contributed by atoms with Crippen LogP contribution in [0.1, 0.15) is 49.7 Å². The van der Waals surface area contributed by atoms with Crippen LogP contribution in [0.3, 0.4) is 0 Å². The highest BCUT2D eigenvalue weighted by Crippen LogP contribution is 2.30. The molecule has 7 nitrogen and oxygen atoms in total. The molecule has 1 saturated heterocycles. The van der Waals surface area contributed by atoms with Crippen molar-refractivity contribution in [3.8, 4) is 11.4 Å². The number of piperazine rings is 1. The molecule has 34 heavy (non-hydrogen) atoms. The number of hydrogen-bond acceptors (Lipinski definition) is 4. The number of ether oxygens (including phenoxy) is 1. The normalized spacial score (nSPS) is 15.4. The molecule has 1 fully saturated rings. The lowest BCUT2D eigenvalue weighted by Gasteiger charge is -2.34. The lowest BCUT2D eigenvalue weighted by atomic mass is 10.1. The summed E-state index contributed by atoms with van der Waals surface area (Å²) >= 11 is 0. The zero-order valence-electron chi connectivity index (χ0n) is 20.0. The predicted molar refractivity (Wildman–Crippen MR) is 130 cm³/mol. The van der Waals surface area contributed by atoms with Gasteiger partial charge in [0.15, 0.2) is 5.69 Å². The second-order valence-electron chi connectivity index (χ2n) is 9.09. The number of methoxy groups -OCH3 is 1. The van der Waals surface area contributed by atoms with Crippen molar-refractivity contribution in [3.05, 3.63) is 76.1 Å². The maximum atomic E-state index is 13.5. The number of aryl methyl sites for hydroxylation is 2. The van der Waals surface area contributed by atoms with Crippen LogP contribution in [0.4, 0.5) is 0 Å². The van der Waals surface area contributed by atoms with Crippen LogP contribution in [0.2, 0.25) is 0 Å². The molecule has 176 valence electrons. The number of benzene rings is 2. The molecule has 0 spiro atoms. The van der Waals surface area contributed by atoms with E-state index < -0.39 is 0 Å². The summed E-state index contributed by atoms with van der Waals surface area (Å²) in [5.41, 5.74) is 6.57. The van der Waals surface area contributed by atoms with Gasteiger partial charge < -0.3 is 14.5 Å². The van der Waals surface area contributed by atoms with Crippen molar-refractivity contribution in [2.24, 2.45) is 0 Å². The number of hydrogen-bond donors (Lipinski definition) is 0. The van der Waals surface area contributed by atoms with E-state index in [4.69, 9.17) is 9.84 Å². The molecule has 2 amide bonds. The molecule has 7 heteroatoms. The van der Waals surface area contributed by atoms with Crippen LogP contribution < -0.4 is 4.74 Å². The minimum absolute atomic E-state index is 0.0323. The quantitative estimate of drug-likeness (QED) is 0.599. The van der Waals surface area contributed by atoms with Gasteiger partial charge in [-0.2, -0.15) is 5.10 Å². The Bertz CT molecular complexity index is 1250. The van der Waals surface area contributed by atoms with Gasteiger partial charge in [0.05, 0.1) is 12.8 Å². The van der Waals surface area contributed by atoms with E-state index in [-0.39, 0.29) is 11.8 Å². The molecule has 1 aliphatic heterocycles. The molecule has 3 aromatic rings. The SMILES string of the molecule is COc1cc(C(=O)N2CCN(C(=O)c3nn(-c4ccccc4C)c4c3CCC4)CC2)ccc1C. The first-order chi connectivity index (χ1) is 16.5. The third kappa shape index (κ3) is 3.85. The summed E-state index contributed by atoms with van der Waals surface area (Å²) in [5, 5.41) is 4.80. The van der Waals surface area contributed by atoms with E-state index in [0.29, 0.717) is 43.2 Å². The molecule has 0 unspecified atom stereocenters. The lowest BCUT2D eigenvalue weighted by molar-refractivity contribution is 0.0531. The number of nitrogens with zero attached hydrogens (tertiary/aromatic N) is 4. The first-order valence-electron chi connectivity index (χ1n) is 11.9. The molecule has 1 aliphatic carbocycles. The van der Waals surface area contributed by atoms with Crippen LogP contribution in [-0.4, -0.2) is 64.7 Å². The Kier molecular flexibility index (Phi) is 5.86. The third-order valence-electron chi connectivity index (χ3n) is 6.99. The van der Waals surface area contributed by atoms with Gasteiger partial charge in [0, 0.05) is 43.0 Å². The lowest BCUT2D eigenvalue weighted by Crippen LogP contribution is -2.50. The zero-order valence-corrected chi connectivity index (χ0v) is 20.0. The average molecular weight is 459 g/mol. The van der Waals surface area contributed by atoms with Crippen molar-refractivity contribution in [2.45, 2.75) is 33.1 Å². The van der Waals surface area contributed by atoms with Gasteiger partial charge >= 0.3 is 0 Å². The third-order valence-corrected chi connectivity index (χ3v) is 6.99. The van der Waals surface area contributed by atoms with Crippen LogP contribution in [0, 0.1) is 13.8 Å². The van der Waals surface area contributed by atoms with Crippen molar-refractivity contribution in [2.75, 3.05) is 33.3 Å². The van der Waals surface area contributed by atoms with Crippen molar-refractivity contribution in [1.82, 2.24) is 19.6 Å². The average Bonchev–Trinajstić information content (AvgIpc) is 3.47. The van der Waals surface area contributed by atoms with E-state index in [1.807, 2.05) is 45.7 Å². The van der Waals surface area contributed by atoms with Crippen molar-refractivity contribution in [3.63, 3.8) is 0 Å². The van der Waals surface area contributed by atoms with Crippen molar-refractivity contribution < 1.29 is 14.3 Å². The van der Waals surface area contributed by atoms with Crippen LogP contribution in [0.15, 0.2) is 42.5 Å². The number of para-hydroxylation sites is 1. The van der Waals surface area contributed by atoms with Crippen LogP contribution in [-0.2, 0) is 12.8 Å². The molecule has 2 aliphatic rings. The molecule has 0 atom stereocenters. The van der Waals surface area contributed by atoms with E-state index in [1.165, 1.54) is 0 Å². The van der Waals surface area contributed by atoms with Gasteiger partial charge in [-0.3, -0.25) is 9.59 Å². The van der Waals surface area contributed by atoms with E-state index in [0.717, 1.165) is 47.3 Å². The number of amides is 2. The number of aromatic nitrogens is 2. The number of carbonyl (C=O) groups is 2. The Morgan fingerprint density at radius 2 is 1.59 bits per heavy atom. The van der Waals surface area contributed by atoms with Gasteiger partial charge in [-0.15, -0.1) is 0 Å². The standard InChI is InChI=1S/C27H30N4O3/c1-18-7-4-5-9-22(18)31-23-10-6-8-21(23)25(28-31)27(33)30-15-13-29(14-16-30)26(32)20-12-11-19(2)24(17-20)34-3/h4-5,7,9,11-12,17H,6,8,10,13-16H2,1-3H3. The molecule has 5 rings (SSSR count). The molecule has 0 bridgehead atoms. The molecule has 0 radical (unpaired) electrons. The number of fused-ring (bicyclic) bond motifs is 1. The Labute approximate surface area is 199 Å². The number of rotatable bonds is 4. The fraction of sp³-hybridized carbons (Fsp3) is 0.370.